The maximum Gasteiger partial charge on any atom is 0.229 e. The molecule has 0 fully saturated rings. The van der Waals surface area contributed by atoms with Gasteiger partial charge in [-0.25, -0.2) is 0 Å². The number of rotatable bonds is 3. The van der Waals surface area contributed by atoms with Crippen LogP contribution in [0.25, 0.3) is 0 Å². The van der Waals surface area contributed by atoms with Crippen LogP contribution in [0, 0.1) is 0 Å². The van der Waals surface area contributed by atoms with Crippen LogP contribution in [0.5, 0.6) is 0 Å². The molecule has 0 aromatic heterocycles. The largest absolute Gasteiger partial charge is 0.397 e. The van der Waals surface area contributed by atoms with Crippen molar-refractivity contribution >= 4 is 17.3 Å². The molecule has 4 nitrogen and oxygen atoms in total. The van der Waals surface area contributed by atoms with E-state index in [2.05, 4.69) is 0 Å². The lowest BCUT2D eigenvalue weighted by Gasteiger charge is -2.18. The fourth-order valence-corrected chi connectivity index (χ4v) is 2.06. The number of nitrogen functional groups attached to an aromatic ring is 1. The second kappa shape index (κ2) is 4.53. The van der Waals surface area contributed by atoms with Crippen molar-refractivity contribution in [2.45, 2.75) is 12.8 Å². The maximum atomic E-state index is 11.9. The van der Waals surface area contributed by atoms with Crippen molar-refractivity contribution in [3.63, 3.8) is 0 Å². The van der Waals surface area contributed by atoms with Crippen LogP contribution < -0.4 is 10.6 Å². The molecule has 86 valence electrons. The lowest BCUT2D eigenvalue weighted by molar-refractivity contribution is -0.119. The zero-order valence-electron chi connectivity index (χ0n) is 9.40. The van der Waals surface area contributed by atoms with Crippen molar-refractivity contribution < 1.29 is 9.53 Å². The maximum absolute atomic E-state index is 11.9. The first-order valence-electron chi connectivity index (χ1n) is 5.40. The van der Waals surface area contributed by atoms with E-state index in [0.29, 0.717) is 18.7 Å². The predicted octanol–water partition coefficient (Wildman–Crippen LogP) is 1.19. The predicted molar refractivity (Wildman–Crippen MR) is 63.4 cm³/mol. The second-order valence-electron chi connectivity index (χ2n) is 3.89. The van der Waals surface area contributed by atoms with E-state index in [4.69, 9.17) is 10.5 Å². The first-order valence-corrected chi connectivity index (χ1v) is 5.40. The van der Waals surface area contributed by atoms with Gasteiger partial charge in [-0.15, -0.1) is 0 Å². The van der Waals surface area contributed by atoms with E-state index in [1.165, 1.54) is 0 Å². The number of fused-ring (bicyclic) bond motifs is 1. The molecule has 0 atom stereocenters. The van der Waals surface area contributed by atoms with Crippen molar-refractivity contribution in [2.75, 3.05) is 30.9 Å². The van der Waals surface area contributed by atoms with Gasteiger partial charge < -0.3 is 15.4 Å². The van der Waals surface area contributed by atoms with E-state index in [1.54, 1.807) is 12.0 Å². The number of nitrogens with two attached hydrogens (primary N) is 1. The highest BCUT2D eigenvalue weighted by atomic mass is 16.5. The topological polar surface area (TPSA) is 55.6 Å². The Morgan fingerprint density at radius 3 is 3.12 bits per heavy atom. The normalized spacial score (nSPS) is 13.9. The van der Waals surface area contributed by atoms with Crippen LogP contribution in [0.15, 0.2) is 18.2 Å². The van der Waals surface area contributed by atoms with Crippen molar-refractivity contribution in [1.82, 2.24) is 0 Å². The number of ether oxygens (including phenoxy) is 1. The summed E-state index contributed by atoms with van der Waals surface area (Å²) in [5.41, 5.74) is 8.64. The number of benzene rings is 1. The number of methoxy groups -OCH3 is 1. The molecule has 0 aliphatic carbocycles. The van der Waals surface area contributed by atoms with Crippen LogP contribution in [0.2, 0.25) is 0 Å². The number of nitrogens with zero attached hydrogens (tertiary/aromatic N) is 1. The van der Waals surface area contributed by atoms with Gasteiger partial charge in [-0.1, -0.05) is 12.1 Å². The fraction of sp³-hybridized carbons (Fsp3) is 0.417. The smallest absolute Gasteiger partial charge is 0.229 e. The Bertz CT molecular complexity index is 404. The minimum absolute atomic E-state index is 0.0819. The van der Waals surface area contributed by atoms with Gasteiger partial charge in [-0.3, -0.25) is 4.79 Å². The third kappa shape index (κ3) is 1.88. The van der Waals surface area contributed by atoms with Crippen molar-refractivity contribution in [3.8, 4) is 0 Å². The van der Waals surface area contributed by atoms with Gasteiger partial charge in [0.1, 0.15) is 0 Å². The van der Waals surface area contributed by atoms with Crippen LogP contribution >= 0.6 is 0 Å². The summed E-state index contributed by atoms with van der Waals surface area (Å²) in [4.78, 5) is 13.7. The molecule has 0 spiro atoms. The molecule has 0 saturated heterocycles. The van der Waals surface area contributed by atoms with E-state index >= 15 is 0 Å². The van der Waals surface area contributed by atoms with Crippen LogP contribution in [-0.4, -0.2) is 26.2 Å². The fourth-order valence-electron chi connectivity index (χ4n) is 2.06. The standard InChI is InChI=1S/C12H16N2O2/c1-16-8-6-11(15)14-7-5-9-3-2-4-10(13)12(9)14/h2-4H,5-8,13H2,1H3. The van der Waals surface area contributed by atoms with E-state index in [-0.39, 0.29) is 5.91 Å². The summed E-state index contributed by atoms with van der Waals surface area (Å²) < 4.78 is 4.91. The number of carbonyl (C=O) groups is 1. The average Bonchev–Trinajstić information content (AvgIpc) is 2.71. The highest BCUT2D eigenvalue weighted by Crippen LogP contribution is 2.33. The van der Waals surface area contributed by atoms with Crippen LogP contribution in [-0.2, 0) is 16.0 Å². The van der Waals surface area contributed by atoms with Gasteiger partial charge in [0.2, 0.25) is 5.91 Å². The molecular weight excluding hydrogens is 204 g/mol. The number of hydrogen-bond acceptors (Lipinski definition) is 3. The summed E-state index contributed by atoms with van der Waals surface area (Å²) in [6, 6.07) is 5.79. The van der Waals surface area contributed by atoms with Gasteiger partial charge >= 0.3 is 0 Å². The lowest BCUT2D eigenvalue weighted by atomic mass is 10.1. The highest BCUT2D eigenvalue weighted by molar-refractivity contribution is 5.98. The first kappa shape index (κ1) is 11.0. The van der Waals surface area contributed by atoms with E-state index < -0.39 is 0 Å². The van der Waals surface area contributed by atoms with Gasteiger partial charge in [0.25, 0.3) is 0 Å². The third-order valence-corrected chi connectivity index (χ3v) is 2.85. The molecule has 0 saturated carbocycles. The summed E-state index contributed by atoms with van der Waals surface area (Å²) in [6.45, 7) is 1.18. The molecule has 1 heterocycles. The molecule has 0 bridgehead atoms. The van der Waals surface area contributed by atoms with Crippen molar-refractivity contribution in [2.24, 2.45) is 0 Å². The summed E-state index contributed by atoms with van der Waals surface area (Å²) in [6.07, 6.45) is 1.30. The number of anilines is 2. The second-order valence-corrected chi connectivity index (χ2v) is 3.89. The summed E-state index contributed by atoms with van der Waals surface area (Å²) in [5.74, 6) is 0.0819. The molecule has 1 aromatic carbocycles. The molecule has 1 aliphatic heterocycles. The third-order valence-electron chi connectivity index (χ3n) is 2.85. The number of para-hydroxylation sites is 1. The Morgan fingerprint density at radius 2 is 2.38 bits per heavy atom. The minimum Gasteiger partial charge on any atom is -0.397 e. The zero-order valence-corrected chi connectivity index (χ0v) is 9.40. The van der Waals surface area contributed by atoms with Gasteiger partial charge in [-0.05, 0) is 18.1 Å². The molecule has 2 N–H and O–H groups in total. The zero-order chi connectivity index (χ0) is 11.5. The van der Waals surface area contributed by atoms with Crippen molar-refractivity contribution in [3.05, 3.63) is 23.8 Å². The summed E-state index contributed by atoms with van der Waals surface area (Å²) in [7, 11) is 1.60. The first-order chi connectivity index (χ1) is 7.74. The molecule has 1 aromatic rings. The Morgan fingerprint density at radius 1 is 1.56 bits per heavy atom. The summed E-state index contributed by atoms with van der Waals surface area (Å²) >= 11 is 0. The highest BCUT2D eigenvalue weighted by Gasteiger charge is 2.25. The van der Waals surface area contributed by atoms with Gasteiger partial charge in [0.05, 0.1) is 24.4 Å². The van der Waals surface area contributed by atoms with Crippen LogP contribution in [0.4, 0.5) is 11.4 Å². The van der Waals surface area contributed by atoms with Crippen LogP contribution in [0.3, 0.4) is 0 Å². The lowest BCUT2D eigenvalue weighted by Crippen LogP contribution is -2.30. The number of amides is 1. The average molecular weight is 220 g/mol. The van der Waals surface area contributed by atoms with E-state index in [0.717, 1.165) is 24.2 Å². The Kier molecular flexibility index (Phi) is 3.10. The van der Waals surface area contributed by atoms with Crippen LogP contribution in [0.1, 0.15) is 12.0 Å². The van der Waals surface area contributed by atoms with E-state index in [9.17, 15) is 4.79 Å². The molecule has 0 unspecified atom stereocenters. The molecule has 0 radical (unpaired) electrons. The van der Waals surface area contributed by atoms with Gasteiger partial charge in [0, 0.05) is 13.7 Å². The molecular formula is C12H16N2O2. The SMILES string of the molecule is COCCC(=O)N1CCc2cccc(N)c21. The molecule has 1 amide bonds. The minimum atomic E-state index is 0.0819. The van der Waals surface area contributed by atoms with Gasteiger partial charge in [0.15, 0.2) is 0 Å². The summed E-state index contributed by atoms with van der Waals surface area (Å²) in [5, 5.41) is 0. The molecule has 4 heteroatoms. The molecule has 16 heavy (non-hydrogen) atoms. The van der Waals surface area contributed by atoms with E-state index in [1.807, 2.05) is 18.2 Å². The number of hydrogen-bond donors (Lipinski definition) is 1. The quantitative estimate of drug-likeness (QED) is 0.778. The molecule has 2 rings (SSSR count). The van der Waals surface area contributed by atoms with Gasteiger partial charge in [-0.2, -0.15) is 0 Å². The monoisotopic (exact) mass is 220 g/mol. The number of carbonyl (C=O) groups excluding carboxylic acids is 1. The Hall–Kier alpha value is -1.55. The van der Waals surface area contributed by atoms with Crippen molar-refractivity contribution in [1.29, 1.82) is 0 Å². The Labute approximate surface area is 95.0 Å². The Balaban J connectivity index is 2.19. The molecule has 1 aliphatic rings.